The van der Waals surface area contributed by atoms with Gasteiger partial charge in [-0.1, -0.05) is 30.3 Å². The van der Waals surface area contributed by atoms with Crippen LogP contribution in [0.25, 0.3) is 5.69 Å². The SMILES string of the molecule is COc1cccc(NC(=O)N2Cc3ccccc3-n3cccc3[C@@H]2c2ccc(OC)c(OC)c2)c1. The number of methoxy groups -OCH3 is 3. The molecule has 1 aliphatic heterocycles. The van der Waals surface area contributed by atoms with Gasteiger partial charge in [-0.3, -0.25) is 0 Å². The molecule has 2 amide bonds. The van der Waals surface area contributed by atoms with Crippen LogP contribution in [0.2, 0.25) is 0 Å². The highest BCUT2D eigenvalue weighted by atomic mass is 16.5. The van der Waals surface area contributed by atoms with Crippen LogP contribution in [0.15, 0.2) is 85.1 Å². The third-order valence-electron chi connectivity index (χ3n) is 6.27. The fourth-order valence-corrected chi connectivity index (χ4v) is 4.61. The summed E-state index contributed by atoms with van der Waals surface area (Å²) in [7, 11) is 4.83. The molecule has 0 radical (unpaired) electrons. The molecule has 0 bridgehead atoms. The summed E-state index contributed by atoms with van der Waals surface area (Å²) in [6.07, 6.45) is 2.03. The number of nitrogens with zero attached hydrogens (tertiary/aromatic N) is 2. The molecular weight excluding hydrogens is 442 g/mol. The van der Waals surface area contributed by atoms with Crippen molar-refractivity contribution in [3.63, 3.8) is 0 Å². The van der Waals surface area contributed by atoms with Gasteiger partial charge in [0, 0.05) is 23.6 Å². The molecule has 0 saturated carbocycles. The van der Waals surface area contributed by atoms with Gasteiger partial charge in [0.1, 0.15) is 5.75 Å². The third-order valence-corrected chi connectivity index (χ3v) is 6.27. The van der Waals surface area contributed by atoms with Crippen LogP contribution in [-0.4, -0.2) is 36.8 Å². The van der Waals surface area contributed by atoms with E-state index in [-0.39, 0.29) is 12.1 Å². The van der Waals surface area contributed by atoms with E-state index in [1.54, 1.807) is 27.4 Å². The lowest BCUT2D eigenvalue weighted by Gasteiger charge is -2.31. The average Bonchev–Trinajstić information content (AvgIpc) is 3.32. The van der Waals surface area contributed by atoms with E-state index in [0.29, 0.717) is 29.5 Å². The van der Waals surface area contributed by atoms with E-state index in [9.17, 15) is 4.79 Å². The highest BCUT2D eigenvalue weighted by Gasteiger charge is 2.33. The zero-order chi connectivity index (χ0) is 24.4. The standard InChI is InChI=1S/C28H27N3O4/c1-33-22-10-6-9-21(17-22)29-28(32)31-18-20-8-4-5-11-23(20)30-15-7-12-24(30)27(31)19-13-14-25(34-2)26(16-19)35-3/h4-17,27H,18H2,1-3H3,(H,29,32)/t27-/m0/s1. The first-order valence-corrected chi connectivity index (χ1v) is 11.3. The van der Waals surface area contributed by atoms with E-state index < -0.39 is 0 Å². The molecule has 3 aromatic carbocycles. The molecule has 7 heteroatoms. The lowest BCUT2D eigenvalue weighted by molar-refractivity contribution is 0.194. The molecule has 1 atom stereocenters. The maximum atomic E-state index is 13.8. The first-order chi connectivity index (χ1) is 17.1. The number of rotatable bonds is 5. The smallest absolute Gasteiger partial charge is 0.322 e. The molecule has 0 fully saturated rings. The Hall–Kier alpha value is -4.39. The number of carbonyl (C=O) groups is 1. The molecule has 0 spiro atoms. The fraction of sp³-hybridized carbons (Fsp3) is 0.179. The molecule has 1 aliphatic rings. The number of anilines is 1. The molecular formula is C28H27N3O4. The Labute approximate surface area is 204 Å². The second-order valence-corrected chi connectivity index (χ2v) is 8.24. The molecule has 2 heterocycles. The molecule has 5 rings (SSSR count). The summed E-state index contributed by atoms with van der Waals surface area (Å²) in [5.41, 5.74) is 4.65. The minimum Gasteiger partial charge on any atom is -0.497 e. The van der Waals surface area contributed by atoms with Crippen LogP contribution < -0.4 is 19.5 Å². The number of fused-ring (bicyclic) bond motifs is 3. The molecule has 0 unspecified atom stereocenters. The van der Waals surface area contributed by atoms with Crippen LogP contribution >= 0.6 is 0 Å². The topological polar surface area (TPSA) is 65.0 Å². The largest absolute Gasteiger partial charge is 0.497 e. The van der Waals surface area contributed by atoms with Crippen molar-refractivity contribution in [3.8, 4) is 22.9 Å². The highest BCUT2D eigenvalue weighted by molar-refractivity contribution is 5.90. The summed E-state index contributed by atoms with van der Waals surface area (Å²) in [6, 6.07) is 24.7. The number of carbonyl (C=O) groups excluding carboxylic acids is 1. The molecule has 4 aromatic rings. The Morgan fingerprint density at radius 2 is 1.69 bits per heavy atom. The highest BCUT2D eigenvalue weighted by Crippen LogP contribution is 2.39. The van der Waals surface area contributed by atoms with Crippen LogP contribution in [0.4, 0.5) is 10.5 Å². The Balaban J connectivity index is 1.63. The van der Waals surface area contributed by atoms with Gasteiger partial charge in [0.05, 0.1) is 39.6 Å². The van der Waals surface area contributed by atoms with Gasteiger partial charge in [0.2, 0.25) is 0 Å². The van der Waals surface area contributed by atoms with Crippen molar-refractivity contribution >= 4 is 11.7 Å². The minimum atomic E-state index is -0.372. The van der Waals surface area contributed by atoms with Crippen LogP contribution in [-0.2, 0) is 6.54 Å². The second kappa shape index (κ2) is 9.46. The van der Waals surface area contributed by atoms with Crippen LogP contribution in [0.5, 0.6) is 17.2 Å². The van der Waals surface area contributed by atoms with Gasteiger partial charge in [-0.25, -0.2) is 4.79 Å². The Morgan fingerprint density at radius 1 is 0.857 bits per heavy atom. The van der Waals surface area contributed by atoms with Crippen LogP contribution in [0.1, 0.15) is 22.9 Å². The second-order valence-electron chi connectivity index (χ2n) is 8.24. The van der Waals surface area contributed by atoms with Gasteiger partial charge in [-0.15, -0.1) is 0 Å². The molecule has 1 aromatic heterocycles. The van der Waals surface area contributed by atoms with Crippen molar-refractivity contribution in [3.05, 3.63) is 102 Å². The average molecular weight is 470 g/mol. The van der Waals surface area contributed by atoms with Crippen molar-refractivity contribution < 1.29 is 19.0 Å². The summed E-state index contributed by atoms with van der Waals surface area (Å²) in [4.78, 5) is 15.7. The zero-order valence-corrected chi connectivity index (χ0v) is 19.9. The zero-order valence-electron chi connectivity index (χ0n) is 19.9. The quantitative estimate of drug-likeness (QED) is 0.411. The predicted octanol–water partition coefficient (Wildman–Crippen LogP) is 5.64. The van der Waals surface area contributed by atoms with Crippen molar-refractivity contribution in [1.29, 1.82) is 0 Å². The Kier molecular flexibility index (Phi) is 6.06. The molecule has 35 heavy (non-hydrogen) atoms. The Bertz CT molecular complexity index is 1360. The van der Waals surface area contributed by atoms with Gasteiger partial charge in [0.25, 0.3) is 0 Å². The first kappa shape index (κ1) is 22.4. The molecule has 1 N–H and O–H groups in total. The van der Waals surface area contributed by atoms with Crippen molar-refractivity contribution in [1.82, 2.24) is 9.47 Å². The van der Waals surface area contributed by atoms with Crippen LogP contribution in [0, 0.1) is 0 Å². The van der Waals surface area contributed by atoms with Gasteiger partial charge < -0.3 is 29.0 Å². The summed E-state index contributed by atoms with van der Waals surface area (Å²) < 4.78 is 18.5. The maximum absolute atomic E-state index is 13.8. The number of ether oxygens (including phenoxy) is 3. The molecule has 0 saturated heterocycles. The number of urea groups is 1. The lowest BCUT2D eigenvalue weighted by atomic mass is 10.0. The van der Waals surface area contributed by atoms with E-state index in [2.05, 4.69) is 28.1 Å². The molecule has 178 valence electrons. The Morgan fingerprint density at radius 3 is 2.49 bits per heavy atom. The van der Waals surface area contributed by atoms with Gasteiger partial charge >= 0.3 is 6.03 Å². The third kappa shape index (κ3) is 4.17. The summed E-state index contributed by atoms with van der Waals surface area (Å²) >= 11 is 0. The molecule has 0 aliphatic carbocycles. The number of hydrogen-bond acceptors (Lipinski definition) is 4. The number of hydrogen-bond donors (Lipinski definition) is 1. The van der Waals surface area contributed by atoms with Crippen LogP contribution in [0.3, 0.4) is 0 Å². The number of para-hydroxylation sites is 1. The van der Waals surface area contributed by atoms with Gasteiger partial charge in [0.15, 0.2) is 11.5 Å². The maximum Gasteiger partial charge on any atom is 0.322 e. The summed E-state index contributed by atoms with van der Waals surface area (Å²) in [5.74, 6) is 1.92. The number of amides is 2. The van der Waals surface area contributed by atoms with Crippen molar-refractivity contribution in [2.45, 2.75) is 12.6 Å². The van der Waals surface area contributed by atoms with Crippen molar-refractivity contribution in [2.75, 3.05) is 26.6 Å². The van der Waals surface area contributed by atoms with E-state index in [4.69, 9.17) is 14.2 Å². The summed E-state index contributed by atoms with van der Waals surface area (Å²) in [5, 5.41) is 3.06. The lowest BCUT2D eigenvalue weighted by Crippen LogP contribution is -2.37. The van der Waals surface area contributed by atoms with E-state index >= 15 is 0 Å². The predicted molar refractivity (Wildman–Crippen MR) is 135 cm³/mol. The summed E-state index contributed by atoms with van der Waals surface area (Å²) in [6.45, 7) is 0.423. The van der Waals surface area contributed by atoms with E-state index in [0.717, 1.165) is 22.5 Å². The number of nitrogens with one attached hydrogen (secondary N) is 1. The molecule has 7 nitrogen and oxygen atoms in total. The normalized spacial score (nSPS) is 14.4. The van der Waals surface area contributed by atoms with E-state index in [1.165, 1.54) is 0 Å². The van der Waals surface area contributed by atoms with Gasteiger partial charge in [-0.05, 0) is 53.6 Å². The number of aromatic nitrogens is 1. The monoisotopic (exact) mass is 469 g/mol. The van der Waals surface area contributed by atoms with Crippen molar-refractivity contribution in [2.24, 2.45) is 0 Å². The van der Waals surface area contributed by atoms with E-state index in [1.807, 2.05) is 65.7 Å². The number of benzene rings is 3. The fourth-order valence-electron chi connectivity index (χ4n) is 4.61. The minimum absolute atomic E-state index is 0.220. The first-order valence-electron chi connectivity index (χ1n) is 11.3. The van der Waals surface area contributed by atoms with Gasteiger partial charge in [-0.2, -0.15) is 0 Å².